The Hall–Kier alpha value is -3.64. The van der Waals surface area contributed by atoms with E-state index in [1.165, 1.54) is 11.8 Å². The summed E-state index contributed by atoms with van der Waals surface area (Å²) in [7, 11) is 1.95. The molecular formula is C33H40N6O3S2. The molecule has 3 N–H and O–H groups in total. The van der Waals surface area contributed by atoms with Crippen LogP contribution in [0.1, 0.15) is 19.4 Å². The summed E-state index contributed by atoms with van der Waals surface area (Å²) in [4.78, 5) is 26.4. The number of carbonyl (C=O) groups excluding carboxylic acids is 1. The molecule has 0 aliphatic carbocycles. The van der Waals surface area contributed by atoms with Crippen LogP contribution in [-0.2, 0) is 16.1 Å². The number of nitrogen functional groups attached to an aromatic ring is 1. The maximum atomic E-state index is 14.0. The van der Waals surface area contributed by atoms with E-state index in [0.717, 1.165) is 72.7 Å². The smallest absolute Gasteiger partial charge is 0.268 e. The number of thiol groups is 1. The third-order valence-corrected chi connectivity index (χ3v) is 9.10. The molecule has 0 spiro atoms. The SMILES string of the molecule is CCNc1ccc(N)cc1N=C1S/C(=C(\C)N(C)c2ccc(OCCN3CCOCC3)cc2S)C(=O)N1Cc1ccccc1. The van der Waals surface area contributed by atoms with Crippen LogP contribution in [0, 0.1) is 0 Å². The van der Waals surface area contributed by atoms with Gasteiger partial charge in [-0.25, -0.2) is 4.99 Å². The molecule has 5 rings (SSSR count). The van der Waals surface area contributed by atoms with Crippen molar-refractivity contribution >= 4 is 58.2 Å². The van der Waals surface area contributed by atoms with E-state index in [1.807, 2.05) is 92.5 Å². The Morgan fingerprint density at radius 1 is 1.14 bits per heavy atom. The zero-order valence-electron chi connectivity index (χ0n) is 25.5. The topological polar surface area (TPSA) is 95.7 Å². The van der Waals surface area contributed by atoms with Gasteiger partial charge in [-0.3, -0.25) is 14.6 Å². The summed E-state index contributed by atoms with van der Waals surface area (Å²) in [6.45, 7) is 9.98. The second-order valence-electron chi connectivity index (χ2n) is 10.6. The molecule has 232 valence electrons. The molecule has 3 aromatic rings. The predicted octanol–water partition coefficient (Wildman–Crippen LogP) is 5.83. The number of aliphatic imine (C=N–C) groups is 1. The van der Waals surface area contributed by atoms with Crippen LogP contribution in [0.3, 0.4) is 0 Å². The van der Waals surface area contributed by atoms with E-state index in [-0.39, 0.29) is 5.91 Å². The number of ether oxygens (including phenoxy) is 2. The average Bonchev–Trinajstić information content (AvgIpc) is 3.33. The first-order chi connectivity index (χ1) is 21.3. The van der Waals surface area contributed by atoms with Crippen LogP contribution < -0.4 is 20.7 Å². The third-order valence-electron chi connectivity index (χ3n) is 7.57. The van der Waals surface area contributed by atoms with Gasteiger partial charge in [0.2, 0.25) is 0 Å². The Bertz CT molecular complexity index is 1530. The minimum atomic E-state index is -0.0976. The van der Waals surface area contributed by atoms with Gasteiger partial charge in [0, 0.05) is 49.5 Å². The molecular weight excluding hydrogens is 593 g/mol. The maximum Gasteiger partial charge on any atom is 0.268 e. The first-order valence-electron chi connectivity index (χ1n) is 14.8. The van der Waals surface area contributed by atoms with E-state index >= 15 is 0 Å². The zero-order valence-corrected chi connectivity index (χ0v) is 27.2. The van der Waals surface area contributed by atoms with Gasteiger partial charge in [-0.05, 0) is 67.6 Å². The van der Waals surface area contributed by atoms with Gasteiger partial charge in [0.05, 0.1) is 41.7 Å². The number of amidine groups is 1. The number of rotatable bonds is 11. The highest BCUT2D eigenvalue weighted by Gasteiger charge is 2.36. The fraction of sp³-hybridized carbons (Fsp3) is 0.333. The Morgan fingerprint density at radius 3 is 2.64 bits per heavy atom. The summed E-state index contributed by atoms with van der Waals surface area (Å²) >= 11 is 6.15. The number of nitrogens with zero attached hydrogens (tertiary/aromatic N) is 4. The zero-order chi connectivity index (χ0) is 31.1. The molecule has 0 radical (unpaired) electrons. The van der Waals surface area contributed by atoms with Gasteiger partial charge in [0.1, 0.15) is 12.4 Å². The summed E-state index contributed by atoms with van der Waals surface area (Å²) in [5, 5.41) is 3.94. The van der Waals surface area contributed by atoms with Crippen LogP contribution in [0.2, 0.25) is 0 Å². The molecule has 2 heterocycles. The minimum Gasteiger partial charge on any atom is -0.492 e. The molecule has 44 heavy (non-hydrogen) atoms. The van der Waals surface area contributed by atoms with Crippen molar-refractivity contribution in [3.05, 3.63) is 82.9 Å². The van der Waals surface area contributed by atoms with E-state index in [1.54, 1.807) is 4.90 Å². The number of carbonyl (C=O) groups is 1. The molecule has 2 fully saturated rings. The number of hydrogen-bond donors (Lipinski definition) is 3. The molecule has 0 unspecified atom stereocenters. The van der Waals surface area contributed by atoms with Gasteiger partial charge in [0.25, 0.3) is 5.91 Å². The van der Waals surface area contributed by atoms with E-state index in [4.69, 9.17) is 32.8 Å². The van der Waals surface area contributed by atoms with Crippen molar-refractivity contribution in [3.63, 3.8) is 0 Å². The van der Waals surface area contributed by atoms with Gasteiger partial charge in [-0.1, -0.05) is 30.3 Å². The molecule has 9 nitrogen and oxygen atoms in total. The number of allylic oxidation sites excluding steroid dienone is 1. The molecule has 3 aromatic carbocycles. The van der Waals surface area contributed by atoms with Crippen molar-refractivity contribution in [1.29, 1.82) is 0 Å². The molecule has 0 saturated carbocycles. The van der Waals surface area contributed by atoms with E-state index in [2.05, 4.69) is 10.2 Å². The fourth-order valence-corrected chi connectivity index (χ4v) is 6.45. The van der Waals surface area contributed by atoms with Crippen LogP contribution >= 0.6 is 24.4 Å². The van der Waals surface area contributed by atoms with Crippen LogP contribution in [0.25, 0.3) is 0 Å². The van der Waals surface area contributed by atoms with Gasteiger partial charge < -0.3 is 25.4 Å². The number of thioether (sulfide) groups is 1. The molecule has 0 aromatic heterocycles. The molecule has 11 heteroatoms. The second kappa shape index (κ2) is 14.9. The number of nitrogens with two attached hydrogens (primary N) is 1. The lowest BCUT2D eigenvalue weighted by Gasteiger charge is -2.26. The summed E-state index contributed by atoms with van der Waals surface area (Å²) < 4.78 is 11.4. The normalized spacial score (nSPS) is 17.7. The van der Waals surface area contributed by atoms with Crippen LogP contribution in [-0.4, -0.2) is 73.9 Å². The van der Waals surface area contributed by atoms with Crippen LogP contribution in [0.4, 0.5) is 22.7 Å². The van der Waals surface area contributed by atoms with Gasteiger partial charge >= 0.3 is 0 Å². The van der Waals surface area contributed by atoms with Gasteiger partial charge in [0.15, 0.2) is 5.17 Å². The van der Waals surface area contributed by atoms with Crippen molar-refractivity contribution in [3.8, 4) is 5.75 Å². The van der Waals surface area contributed by atoms with E-state index in [9.17, 15) is 4.79 Å². The second-order valence-corrected chi connectivity index (χ2v) is 12.1. The number of benzene rings is 3. The van der Waals surface area contributed by atoms with Crippen LogP contribution in [0.15, 0.2) is 87.2 Å². The summed E-state index contributed by atoms with van der Waals surface area (Å²) in [6.07, 6.45) is 0. The van der Waals surface area contributed by atoms with Crippen molar-refractivity contribution in [2.45, 2.75) is 25.3 Å². The lowest BCUT2D eigenvalue weighted by Crippen LogP contribution is -2.38. The first-order valence-corrected chi connectivity index (χ1v) is 16.1. The number of hydrogen-bond acceptors (Lipinski definition) is 10. The number of nitrogens with one attached hydrogen (secondary N) is 1. The quantitative estimate of drug-likeness (QED) is 0.138. The lowest BCUT2D eigenvalue weighted by molar-refractivity contribution is -0.122. The molecule has 2 aliphatic heterocycles. The molecule has 2 saturated heterocycles. The summed E-state index contributed by atoms with van der Waals surface area (Å²) in [6, 6.07) is 21.4. The highest BCUT2D eigenvalue weighted by Crippen LogP contribution is 2.40. The number of amides is 1. The fourth-order valence-electron chi connectivity index (χ4n) is 5.03. The largest absolute Gasteiger partial charge is 0.492 e. The van der Waals surface area contributed by atoms with Crippen LogP contribution in [0.5, 0.6) is 5.75 Å². The molecule has 1 amide bonds. The Balaban J connectivity index is 1.39. The predicted molar refractivity (Wildman–Crippen MR) is 184 cm³/mol. The minimum absolute atomic E-state index is 0.0976. The monoisotopic (exact) mass is 632 g/mol. The standard InChI is InChI=1S/C33H40N6O3S2/c1-4-35-27-12-10-25(34)20-28(27)36-33-39(22-24-8-6-5-7-9-24)32(40)31(44-33)23(2)37(3)29-13-11-26(21-30(29)43)42-19-16-38-14-17-41-18-15-38/h5-13,20-21,35,43H,4,14-19,22,34H2,1-3H3/b31-23+,36-33?. The molecule has 0 bridgehead atoms. The summed E-state index contributed by atoms with van der Waals surface area (Å²) in [5.41, 5.74) is 11.0. The Morgan fingerprint density at radius 2 is 1.91 bits per heavy atom. The highest BCUT2D eigenvalue weighted by atomic mass is 32.2. The van der Waals surface area contributed by atoms with E-state index < -0.39 is 0 Å². The van der Waals surface area contributed by atoms with Crippen molar-refractivity contribution in [1.82, 2.24) is 9.80 Å². The number of morpholine rings is 1. The van der Waals surface area contributed by atoms with Crippen molar-refractivity contribution in [2.75, 3.05) is 69.0 Å². The highest BCUT2D eigenvalue weighted by molar-refractivity contribution is 8.18. The molecule has 2 aliphatic rings. The summed E-state index contributed by atoms with van der Waals surface area (Å²) in [5.74, 6) is 0.666. The first kappa shape index (κ1) is 31.8. The number of anilines is 3. The average molecular weight is 633 g/mol. The maximum absolute atomic E-state index is 14.0. The van der Waals surface area contributed by atoms with E-state index in [0.29, 0.717) is 34.6 Å². The Kier molecular flexibility index (Phi) is 10.8. The Labute approximate surface area is 269 Å². The van der Waals surface area contributed by atoms with Crippen molar-refractivity contribution in [2.24, 2.45) is 4.99 Å². The van der Waals surface area contributed by atoms with Gasteiger partial charge in [-0.15, -0.1) is 12.6 Å². The lowest BCUT2D eigenvalue weighted by atomic mass is 10.2. The van der Waals surface area contributed by atoms with Gasteiger partial charge in [-0.2, -0.15) is 0 Å². The molecule has 0 atom stereocenters. The van der Waals surface area contributed by atoms with Crippen molar-refractivity contribution < 1.29 is 14.3 Å². The third kappa shape index (κ3) is 7.71.